The van der Waals surface area contributed by atoms with Crippen LogP contribution in [-0.4, -0.2) is 11.5 Å². The number of nitrogens with zero attached hydrogens (tertiary/aromatic N) is 1. The van der Waals surface area contributed by atoms with Crippen molar-refractivity contribution in [1.82, 2.24) is 4.98 Å². The second kappa shape index (κ2) is 5.69. The van der Waals surface area contributed by atoms with Gasteiger partial charge in [0.1, 0.15) is 11.6 Å². The van der Waals surface area contributed by atoms with Crippen molar-refractivity contribution in [3.8, 4) is 0 Å². The van der Waals surface area contributed by atoms with Crippen molar-refractivity contribution in [3.05, 3.63) is 65.5 Å². The first kappa shape index (κ1) is 12.6. The van der Waals surface area contributed by atoms with Crippen molar-refractivity contribution in [3.63, 3.8) is 0 Å². The lowest BCUT2D eigenvalue weighted by Crippen LogP contribution is -2.16. The average molecular weight is 248 g/mol. The monoisotopic (exact) mass is 248 g/mol. The summed E-state index contributed by atoms with van der Waals surface area (Å²) in [6.45, 7) is 0.310. The van der Waals surface area contributed by atoms with Crippen LogP contribution in [0.4, 0.5) is 8.78 Å². The SMILES string of the molecule is NCC(Cc1ccncc1)c1ccc(F)cc1F. The molecule has 0 aliphatic heterocycles. The Bertz CT molecular complexity index is 514. The van der Waals surface area contributed by atoms with E-state index in [1.165, 1.54) is 12.1 Å². The van der Waals surface area contributed by atoms with E-state index in [-0.39, 0.29) is 5.92 Å². The van der Waals surface area contributed by atoms with Gasteiger partial charge < -0.3 is 5.73 Å². The van der Waals surface area contributed by atoms with Crippen molar-refractivity contribution in [2.24, 2.45) is 5.73 Å². The fourth-order valence-corrected chi connectivity index (χ4v) is 1.96. The molecule has 2 aromatic rings. The van der Waals surface area contributed by atoms with Gasteiger partial charge in [-0.25, -0.2) is 8.78 Å². The highest BCUT2D eigenvalue weighted by molar-refractivity contribution is 5.25. The molecule has 4 heteroatoms. The fraction of sp³-hybridized carbons (Fsp3) is 0.214. The summed E-state index contributed by atoms with van der Waals surface area (Å²) in [5, 5.41) is 0. The van der Waals surface area contributed by atoms with Crippen LogP contribution in [0, 0.1) is 11.6 Å². The molecule has 1 atom stereocenters. The molecule has 18 heavy (non-hydrogen) atoms. The van der Waals surface area contributed by atoms with Gasteiger partial charge in [-0.3, -0.25) is 4.98 Å². The van der Waals surface area contributed by atoms with Crippen LogP contribution in [0.25, 0.3) is 0 Å². The highest BCUT2D eigenvalue weighted by Gasteiger charge is 2.15. The molecular formula is C14H14F2N2. The Labute approximate surface area is 104 Å². The van der Waals surface area contributed by atoms with Crippen LogP contribution in [0.3, 0.4) is 0 Å². The topological polar surface area (TPSA) is 38.9 Å². The van der Waals surface area contributed by atoms with E-state index in [2.05, 4.69) is 4.98 Å². The Morgan fingerprint density at radius 1 is 1.11 bits per heavy atom. The highest BCUT2D eigenvalue weighted by atomic mass is 19.1. The Kier molecular flexibility index (Phi) is 3.99. The van der Waals surface area contributed by atoms with E-state index < -0.39 is 11.6 Å². The number of nitrogens with two attached hydrogens (primary N) is 1. The first-order valence-electron chi connectivity index (χ1n) is 5.74. The smallest absolute Gasteiger partial charge is 0.129 e. The molecule has 0 radical (unpaired) electrons. The first-order chi connectivity index (χ1) is 8.70. The van der Waals surface area contributed by atoms with Crippen LogP contribution in [-0.2, 0) is 6.42 Å². The molecule has 94 valence electrons. The zero-order valence-electron chi connectivity index (χ0n) is 9.81. The van der Waals surface area contributed by atoms with Crippen LogP contribution in [0.5, 0.6) is 0 Å². The van der Waals surface area contributed by atoms with Gasteiger partial charge in [0.05, 0.1) is 0 Å². The molecule has 0 fully saturated rings. The van der Waals surface area contributed by atoms with Gasteiger partial charge in [-0.2, -0.15) is 0 Å². The van der Waals surface area contributed by atoms with Gasteiger partial charge >= 0.3 is 0 Å². The van der Waals surface area contributed by atoms with Crippen molar-refractivity contribution in [1.29, 1.82) is 0 Å². The standard InChI is InChI=1S/C14H14F2N2/c15-12-1-2-13(14(16)8-12)11(9-17)7-10-3-5-18-6-4-10/h1-6,8,11H,7,9,17H2. The Balaban J connectivity index is 2.23. The van der Waals surface area contributed by atoms with E-state index in [4.69, 9.17) is 5.73 Å². The Hall–Kier alpha value is -1.81. The summed E-state index contributed by atoms with van der Waals surface area (Å²) in [6, 6.07) is 7.34. The van der Waals surface area contributed by atoms with E-state index >= 15 is 0 Å². The number of benzene rings is 1. The number of halogens is 2. The highest BCUT2D eigenvalue weighted by Crippen LogP contribution is 2.23. The molecule has 0 saturated carbocycles. The minimum Gasteiger partial charge on any atom is -0.330 e. The fourth-order valence-electron chi connectivity index (χ4n) is 1.96. The number of aromatic nitrogens is 1. The van der Waals surface area contributed by atoms with E-state index in [1.807, 2.05) is 12.1 Å². The maximum absolute atomic E-state index is 13.7. The van der Waals surface area contributed by atoms with E-state index in [1.54, 1.807) is 12.4 Å². The number of rotatable bonds is 4. The third-order valence-electron chi connectivity index (χ3n) is 2.92. The summed E-state index contributed by atoms with van der Waals surface area (Å²) >= 11 is 0. The second-order valence-corrected chi connectivity index (χ2v) is 4.16. The Morgan fingerprint density at radius 2 is 1.83 bits per heavy atom. The quantitative estimate of drug-likeness (QED) is 0.903. The lowest BCUT2D eigenvalue weighted by molar-refractivity contribution is 0.551. The zero-order chi connectivity index (χ0) is 13.0. The van der Waals surface area contributed by atoms with E-state index in [9.17, 15) is 8.78 Å². The molecule has 0 aliphatic carbocycles. The lowest BCUT2D eigenvalue weighted by Gasteiger charge is -2.16. The molecule has 1 unspecified atom stereocenters. The van der Waals surface area contributed by atoms with Crippen LogP contribution >= 0.6 is 0 Å². The summed E-state index contributed by atoms with van der Waals surface area (Å²) in [7, 11) is 0. The van der Waals surface area contributed by atoms with E-state index in [0.717, 1.165) is 11.6 Å². The molecule has 1 aromatic carbocycles. The van der Waals surface area contributed by atoms with Crippen molar-refractivity contribution >= 4 is 0 Å². The molecule has 2 rings (SSSR count). The number of hydrogen-bond donors (Lipinski definition) is 1. The number of pyridine rings is 1. The van der Waals surface area contributed by atoms with Gasteiger partial charge in [-0.1, -0.05) is 6.07 Å². The molecule has 1 aromatic heterocycles. The average Bonchev–Trinajstić information content (AvgIpc) is 2.38. The predicted octanol–water partition coefficient (Wildman–Crippen LogP) is 2.64. The summed E-state index contributed by atoms with van der Waals surface area (Å²) in [5.41, 5.74) is 7.17. The maximum atomic E-state index is 13.7. The third kappa shape index (κ3) is 2.90. The first-order valence-corrected chi connectivity index (χ1v) is 5.74. The largest absolute Gasteiger partial charge is 0.330 e. The van der Waals surface area contributed by atoms with E-state index in [0.29, 0.717) is 18.5 Å². The minimum absolute atomic E-state index is 0.159. The van der Waals surface area contributed by atoms with Crippen LogP contribution in [0.1, 0.15) is 17.0 Å². The van der Waals surface area contributed by atoms with Gasteiger partial charge in [0.2, 0.25) is 0 Å². The maximum Gasteiger partial charge on any atom is 0.129 e. The van der Waals surface area contributed by atoms with Crippen LogP contribution in [0.15, 0.2) is 42.7 Å². The molecule has 0 saturated heterocycles. The van der Waals surface area contributed by atoms with Crippen molar-refractivity contribution < 1.29 is 8.78 Å². The van der Waals surface area contributed by atoms with Gasteiger partial charge in [-0.05, 0) is 42.3 Å². The molecule has 0 spiro atoms. The summed E-state index contributed by atoms with van der Waals surface area (Å²) in [4.78, 5) is 3.93. The summed E-state index contributed by atoms with van der Waals surface area (Å²) in [6.07, 6.45) is 3.98. The van der Waals surface area contributed by atoms with Gasteiger partial charge in [0.15, 0.2) is 0 Å². The normalized spacial score (nSPS) is 12.4. The second-order valence-electron chi connectivity index (χ2n) is 4.16. The molecule has 0 aliphatic rings. The molecule has 0 bridgehead atoms. The third-order valence-corrected chi connectivity index (χ3v) is 2.92. The van der Waals surface area contributed by atoms with Gasteiger partial charge in [-0.15, -0.1) is 0 Å². The minimum atomic E-state index is -0.573. The van der Waals surface area contributed by atoms with Crippen molar-refractivity contribution in [2.45, 2.75) is 12.3 Å². The van der Waals surface area contributed by atoms with Crippen molar-refractivity contribution in [2.75, 3.05) is 6.54 Å². The number of hydrogen-bond acceptors (Lipinski definition) is 2. The summed E-state index contributed by atoms with van der Waals surface area (Å²) < 4.78 is 26.5. The molecule has 1 heterocycles. The predicted molar refractivity (Wildman–Crippen MR) is 66.1 cm³/mol. The van der Waals surface area contributed by atoms with Gasteiger partial charge in [0, 0.05) is 24.4 Å². The molecular weight excluding hydrogens is 234 g/mol. The lowest BCUT2D eigenvalue weighted by atomic mass is 9.92. The molecule has 2 N–H and O–H groups in total. The summed E-state index contributed by atoms with van der Waals surface area (Å²) in [5.74, 6) is -1.27. The van der Waals surface area contributed by atoms with Crippen LogP contribution < -0.4 is 5.73 Å². The zero-order valence-corrected chi connectivity index (χ0v) is 9.81. The van der Waals surface area contributed by atoms with Crippen LogP contribution in [0.2, 0.25) is 0 Å². The van der Waals surface area contributed by atoms with Gasteiger partial charge in [0.25, 0.3) is 0 Å². The Morgan fingerprint density at radius 3 is 2.44 bits per heavy atom. The molecule has 0 amide bonds. The molecule has 2 nitrogen and oxygen atoms in total.